The lowest BCUT2D eigenvalue weighted by molar-refractivity contribution is 0.102. The molecule has 0 atom stereocenters. The van der Waals surface area contributed by atoms with Crippen molar-refractivity contribution in [2.45, 2.75) is 19.3 Å². The summed E-state index contributed by atoms with van der Waals surface area (Å²) in [6, 6.07) is 17.6. The van der Waals surface area contributed by atoms with Crippen molar-refractivity contribution < 1.29 is 4.79 Å². The van der Waals surface area contributed by atoms with Crippen molar-refractivity contribution in [1.82, 2.24) is 15.0 Å². The molecule has 132 valence electrons. The normalized spacial score (nSPS) is 14.2. The van der Waals surface area contributed by atoms with Crippen LogP contribution in [0.1, 0.15) is 29.8 Å². The summed E-state index contributed by atoms with van der Waals surface area (Å²) in [7, 11) is 0. The molecule has 6 nitrogen and oxygen atoms in total. The fourth-order valence-electron chi connectivity index (χ4n) is 3.18. The molecule has 1 saturated heterocycles. The monoisotopic (exact) mass is 347 g/mol. The number of para-hydroxylation sites is 1. The molecular formula is C20H21N5O. The second-order valence-corrected chi connectivity index (χ2v) is 6.43. The smallest absolute Gasteiger partial charge is 0.277 e. The minimum Gasteiger partial charge on any atom is -0.372 e. The first kappa shape index (κ1) is 16.3. The van der Waals surface area contributed by atoms with Gasteiger partial charge in [-0.2, -0.15) is 0 Å². The van der Waals surface area contributed by atoms with Crippen LogP contribution in [0.3, 0.4) is 0 Å². The second kappa shape index (κ2) is 7.39. The highest BCUT2D eigenvalue weighted by Gasteiger charge is 2.13. The number of carbonyl (C=O) groups excluding carboxylic acids is 1. The van der Waals surface area contributed by atoms with Gasteiger partial charge in [0.1, 0.15) is 0 Å². The summed E-state index contributed by atoms with van der Waals surface area (Å²) in [6.07, 6.45) is 5.44. The molecule has 2 aromatic carbocycles. The molecule has 1 aliphatic rings. The molecule has 1 fully saturated rings. The van der Waals surface area contributed by atoms with Gasteiger partial charge in [0.2, 0.25) is 0 Å². The molecule has 1 aliphatic heterocycles. The third kappa shape index (κ3) is 3.59. The van der Waals surface area contributed by atoms with Crippen LogP contribution in [0.25, 0.3) is 5.69 Å². The molecule has 0 bridgehead atoms. The molecular weight excluding hydrogens is 326 g/mol. The summed E-state index contributed by atoms with van der Waals surface area (Å²) in [6.45, 7) is 2.21. The van der Waals surface area contributed by atoms with E-state index in [4.69, 9.17) is 0 Å². The summed E-state index contributed by atoms with van der Waals surface area (Å²) in [5.74, 6) is -0.266. The maximum absolute atomic E-state index is 12.4. The lowest BCUT2D eigenvalue weighted by atomic mass is 10.1. The van der Waals surface area contributed by atoms with E-state index in [9.17, 15) is 4.79 Å². The fraction of sp³-hybridized carbons (Fsp3) is 0.250. The number of nitrogens with zero attached hydrogens (tertiary/aromatic N) is 4. The Morgan fingerprint density at radius 3 is 2.35 bits per heavy atom. The zero-order chi connectivity index (χ0) is 17.8. The van der Waals surface area contributed by atoms with Crippen LogP contribution in [0.2, 0.25) is 0 Å². The number of benzene rings is 2. The Labute approximate surface area is 152 Å². The fourth-order valence-corrected chi connectivity index (χ4v) is 3.18. The van der Waals surface area contributed by atoms with Gasteiger partial charge in [0.25, 0.3) is 5.91 Å². The number of piperidine rings is 1. The number of aromatic nitrogens is 3. The van der Waals surface area contributed by atoms with Crippen molar-refractivity contribution in [2.24, 2.45) is 0 Å². The van der Waals surface area contributed by atoms with Gasteiger partial charge in [-0.05, 0) is 55.7 Å². The summed E-state index contributed by atoms with van der Waals surface area (Å²) in [5, 5.41) is 10.9. The molecule has 1 aromatic heterocycles. The van der Waals surface area contributed by atoms with Gasteiger partial charge in [0.05, 0.1) is 11.9 Å². The van der Waals surface area contributed by atoms with Crippen molar-refractivity contribution in [1.29, 1.82) is 0 Å². The number of hydrogen-bond acceptors (Lipinski definition) is 4. The summed E-state index contributed by atoms with van der Waals surface area (Å²) in [5.41, 5.74) is 3.11. The van der Waals surface area contributed by atoms with Gasteiger partial charge in [-0.3, -0.25) is 4.79 Å². The Kier molecular flexibility index (Phi) is 4.64. The van der Waals surface area contributed by atoms with Crippen LogP contribution >= 0.6 is 0 Å². The molecule has 0 unspecified atom stereocenters. The van der Waals surface area contributed by atoms with E-state index in [0.29, 0.717) is 0 Å². The van der Waals surface area contributed by atoms with Gasteiger partial charge in [0.15, 0.2) is 5.69 Å². The molecule has 6 heteroatoms. The Balaban J connectivity index is 1.42. The number of rotatable bonds is 4. The van der Waals surface area contributed by atoms with E-state index in [1.165, 1.54) is 24.9 Å². The maximum atomic E-state index is 12.4. The number of anilines is 2. The Hall–Kier alpha value is -3.15. The van der Waals surface area contributed by atoms with Gasteiger partial charge in [0, 0.05) is 24.5 Å². The van der Waals surface area contributed by atoms with Crippen LogP contribution in [-0.4, -0.2) is 34.0 Å². The predicted molar refractivity (Wildman–Crippen MR) is 102 cm³/mol. The minimum absolute atomic E-state index is 0.266. The first-order valence-electron chi connectivity index (χ1n) is 8.94. The average molecular weight is 347 g/mol. The van der Waals surface area contributed by atoms with E-state index in [1.54, 1.807) is 10.9 Å². The van der Waals surface area contributed by atoms with Crippen LogP contribution in [0, 0.1) is 0 Å². The average Bonchev–Trinajstić information content (AvgIpc) is 3.20. The minimum atomic E-state index is -0.266. The maximum Gasteiger partial charge on any atom is 0.277 e. The lowest BCUT2D eigenvalue weighted by Gasteiger charge is -2.28. The highest BCUT2D eigenvalue weighted by molar-refractivity contribution is 6.02. The number of carbonyl (C=O) groups is 1. The summed E-state index contributed by atoms with van der Waals surface area (Å²) in [4.78, 5) is 14.8. The first-order valence-corrected chi connectivity index (χ1v) is 8.94. The van der Waals surface area contributed by atoms with Gasteiger partial charge in [-0.15, -0.1) is 5.10 Å². The molecule has 0 spiro atoms. The highest BCUT2D eigenvalue weighted by atomic mass is 16.2. The Morgan fingerprint density at radius 2 is 1.62 bits per heavy atom. The molecule has 2 heterocycles. The zero-order valence-electron chi connectivity index (χ0n) is 14.5. The zero-order valence-corrected chi connectivity index (χ0v) is 14.5. The highest BCUT2D eigenvalue weighted by Crippen LogP contribution is 2.22. The molecule has 0 saturated carbocycles. The van der Waals surface area contributed by atoms with E-state index < -0.39 is 0 Å². The molecule has 0 aliphatic carbocycles. The van der Waals surface area contributed by atoms with Gasteiger partial charge in [-0.1, -0.05) is 23.4 Å². The Bertz CT molecular complexity index is 867. The Morgan fingerprint density at radius 1 is 0.885 bits per heavy atom. The second-order valence-electron chi connectivity index (χ2n) is 6.43. The molecule has 0 radical (unpaired) electrons. The van der Waals surface area contributed by atoms with Crippen LogP contribution in [-0.2, 0) is 0 Å². The predicted octanol–water partition coefficient (Wildman–Crippen LogP) is 3.51. The van der Waals surface area contributed by atoms with E-state index in [0.717, 1.165) is 24.5 Å². The van der Waals surface area contributed by atoms with E-state index in [1.807, 2.05) is 42.5 Å². The summed E-state index contributed by atoms with van der Waals surface area (Å²) < 4.78 is 1.59. The van der Waals surface area contributed by atoms with Crippen molar-refractivity contribution in [3.63, 3.8) is 0 Å². The van der Waals surface area contributed by atoms with Gasteiger partial charge >= 0.3 is 0 Å². The van der Waals surface area contributed by atoms with E-state index in [2.05, 4.69) is 32.7 Å². The largest absolute Gasteiger partial charge is 0.372 e. The molecule has 3 aromatic rings. The number of hydrogen-bond donors (Lipinski definition) is 1. The third-order valence-corrected chi connectivity index (χ3v) is 4.59. The third-order valence-electron chi connectivity index (χ3n) is 4.59. The lowest BCUT2D eigenvalue weighted by Crippen LogP contribution is -2.29. The van der Waals surface area contributed by atoms with Crippen molar-refractivity contribution in [3.8, 4) is 5.69 Å². The van der Waals surface area contributed by atoms with Crippen LogP contribution in [0.4, 0.5) is 11.4 Å². The van der Waals surface area contributed by atoms with E-state index in [-0.39, 0.29) is 11.6 Å². The molecule has 4 rings (SSSR count). The van der Waals surface area contributed by atoms with Crippen LogP contribution in [0.15, 0.2) is 60.8 Å². The standard InChI is InChI=1S/C20H21N5O/c26-20(19-15-25(23-22-19)18-7-3-1-4-8-18)21-16-9-11-17(12-10-16)24-13-5-2-6-14-24/h1,3-4,7-12,15H,2,5-6,13-14H2,(H,21,26). The molecule has 26 heavy (non-hydrogen) atoms. The topological polar surface area (TPSA) is 63.1 Å². The summed E-state index contributed by atoms with van der Waals surface area (Å²) >= 11 is 0. The quantitative estimate of drug-likeness (QED) is 0.784. The van der Waals surface area contributed by atoms with Crippen molar-refractivity contribution in [3.05, 3.63) is 66.5 Å². The number of amides is 1. The van der Waals surface area contributed by atoms with Gasteiger partial charge in [-0.25, -0.2) is 4.68 Å². The first-order chi connectivity index (χ1) is 12.8. The van der Waals surface area contributed by atoms with Crippen molar-refractivity contribution >= 4 is 17.3 Å². The molecule has 1 amide bonds. The SMILES string of the molecule is O=C(Nc1ccc(N2CCCCC2)cc1)c1cn(-c2ccccc2)nn1. The van der Waals surface area contributed by atoms with Crippen molar-refractivity contribution in [2.75, 3.05) is 23.3 Å². The molecule has 1 N–H and O–H groups in total. The number of nitrogens with one attached hydrogen (secondary N) is 1. The van der Waals surface area contributed by atoms with Gasteiger partial charge < -0.3 is 10.2 Å². The van der Waals surface area contributed by atoms with Crippen LogP contribution < -0.4 is 10.2 Å². The van der Waals surface area contributed by atoms with Crippen LogP contribution in [0.5, 0.6) is 0 Å². The van der Waals surface area contributed by atoms with E-state index >= 15 is 0 Å².